The van der Waals surface area contributed by atoms with Crippen molar-refractivity contribution in [2.24, 2.45) is 0 Å². The lowest BCUT2D eigenvalue weighted by Gasteiger charge is -2.32. The fourth-order valence-corrected chi connectivity index (χ4v) is 2.87. The summed E-state index contributed by atoms with van der Waals surface area (Å²) in [6.07, 6.45) is 2.10. The van der Waals surface area contributed by atoms with E-state index in [0.29, 0.717) is 0 Å². The lowest BCUT2D eigenvalue weighted by molar-refractivity contribution is 0.0849. The van der Waals surface area contributed by atoms with Crippen molar-refractivity contribution < 1.29 is 9.15 Å². The normalized spacial score (nSPS) is 17.4. The number of ether oxygens (including phenoxy) is 1. The second-order valence-corrected chi connectivity index (χ2v) is 5.92. The van der Waals surface area contributed by atoms with Gasteiger partial charge in [0, 0.05) is 10.8 Å². The molecule has 2 heteroatoms. The predicted octanol–water partition coefficient (Wildman–Crippen LogP) is 4.69. The third kappa shape index (κ3) is 1.63. The molecule has 0 saturated heterocycles. The number of aryl methyl sites for hydroxylation is 1. The molecule has 2 nitrogen and oxygen atoms in total. The monoisotopic (exact) mass is 252 g/mol. The van der Waals surface area contributed by atoms with Crippen LogP contribution in [-0.2, 0) is 6.42 Å². The molecule has 1 aliphatic rings. The Bertz CT molecular complexity index is 780. The van der Waals surface area contributed by atoms with Crippen molar-refractivity contribution in [1.29, 1.82) is 0 Å². The van der Waals surface area contributed by atoms with Gasteiger partial charge in [-0.3, -0.25) is 0 Å². The summed E-state index contributed by atoms with van der Waals surface area (Å²) in [5.41, 5.74) is 3.09. The third-order valence-corrected chi connectivity index (χ3v) is 3.94. The Hall–Kier alpha value is -1.96. The van der Waals surface area contributed by atoms with Crippen LogP contribution in [0.15, 0.2) is 40.8 Å². The highest BCUT2D eigenvalue weighted by Gasteiger charge is 2.27. The smallest absolute Gasteiger partial charge is 0.135 e. The van der Waals surface area contributed by atoms with Gasteiger partial charge >= 0.3 is 0 Å². The average Bonchev–Trinajstić information content (AvgIpc) is 2.73. The van der Waals surface area contributed by atoms with Crippen molar-refractivity contribution in [2.45, 2.75) is 32.3 Å². The van der Waals surface area contributed by atoms with Gasteiger partial charge in [0.2, 0.25) is 0 Å². The van der Waals surface area contributed by atoms with Crippen molar-refractivity contribution in [3.05, 3.63) is 42.0 Å². The number of hydrogen-bond acceptors (Lipinski definition) is 2. The molecule has 3 aromatic rings. The zero-order valence-electron chi connectivity index (χ0n) is 11.2. The summed E-state index contributed by atoms with van der Waals surface area (Å²) in [6, 6.07) is 12.4. The van der Waals surface area contributed by atoms with E-state index in [1.807, 2.05) is 18.2 Å². The van der Waals surface area contributed by atoms with Gasteiger partial charge < -0.3 is 9.15 Å². The van der Waals surface area contributed by atoms with Gasteiger partial charge in [0.1, 0.15) is 22.5 Å². The number of hydrogen-bond donors (Lipinski definition) is 0. The largest absolute Gasteiger partial charge is 0.488 e. The fourth-order valence-electron chi connectivity index (χ4n) is 2.87. The standard InChI is InChI=1S/C17H16O2/c1-17(2)8-7-11-9-16-13(10-15(11)19-17)12-5-3-4-6-14(12)18-16/h3-6,9-10H,7-8H2,1-2H3. The van der Waals surface area contributed by atoms with E-state index in [0.717, 1.165) is 40.5 Å². The zero-order chi connectivity index (χ0) is 13.0. The van der Waals surface area contributed by atoms with Crippen LogP contribution in [0.1, 0.15) is 25.8 Å². The van der Waals surface area contributed by atoms with Crippen LogP contribution in [0.25, 0.3) is 21.9 Å². The van der Waals surface area contributed by atoms with E-state index in [1.165, 1.54) is 5.56 Å². The number of fused-ring (bicyclic) bond motifs is 4. The van der Waals surface area contributed by atoms with Crippen LogP contribution in [0.3, 0.4) is 0 Å². The molecule has 96 valence electrons. The minimum absolute atomic E-state index is 0.0692. The van der Waals surface area contributed by atoms with Crippen molar-refractivity contribution >= 4 is 21.9 Å². The van der Waals surface area contributed by atoms with Gasteiger partial charge in [0.25, 0.3) is 0 Å². The lowest BCUT2D eigenvalue weighted by atomic mass is 9.93. The first-order valence-corrected chi connectivity index (χ1v) is 6.76. The minimum atomic E-state index is -0.0692. The molecule has 1 aromatic heterocycles. The summed E-state index contributed by atoms with van der Waals surface area (Å²) in [6.45, 7) is 4.29. The van der Waals surface area contributed by atoms with E-state index >= 15 is 0 Å². The number of benzene rings is 2. The van der Waals surface area contributed by atoms with E-state index in [1.54, 1.807) is 0 Å². The van der Waals surface area contributed by atoms with E-state index in [9.17, 15) is 0 Å². The van der Waals surface area contributed by atoms with E-state index in [4.69, 9.17) is 9.15 Å². The predicted molar refractivity (Wildman–Crippen MR) is 76.7 cm³/mol. The molecule has 0 N–H and O–H groups in total. The van der Waals surface area contributed by atoms with Crippen LogP contribution in [0.4, 0.5) is 0 Å². The van der Waals surface area contributed by atoms with Crippen LogP contribution < -0.4 is 4.74 Å². The zero-order valence-corrected chi connectivity index (χ0v) is 11.2. The molecule has 0 unspecified atom stereocenters. The van der Waals surface area contributed by atoms with Crippen molar-refractivity contribution in [1.82, 2.24) is 0 Å². The molecule has 2 heterocycles. The summed E-state index contributed by atoms with van der Waals surface area (Å²) in [5, 5.41) is 2.30. The molecule has 0 fully saturated rings. The summed E-state index contributed by atoms with van der Waals surface area (Å²) < 4.78 is 12.0. The van der Waals surface area contributed by atoms with E-state index in [-0.39, 0.29) is 5.60 Å². The quantitative estimate of drug-likeness (QED) is 0.579. The maximum atomic E-state index is 6.10. The average molecular weight is 252 g/mol. The first-order chi connectivity index (χ1) is 9.12. The molecular formula is C17H16O2. The molecule has 0 amide bonds. The number of para-hydroxylation sites is 1. The highest BCUT2D eigenvalue weighted by atomic mass is 16.5. The van der Waals surface area contributed by atoms with Crippen LogP contribution in [0.2, 0.25) is 0 Å². The Balaban J connectivity index is 2.01. The molecule has 19 heavy (non-hydrogen) atoms. The minimum Gasteiger partial charge on any atom is -0.488 e. The maximum absolute atomic E-state index is 6.10. The molecule has 0 spiro atoms. The van der Waals surface area contributed by atoms with Crippen molar-refractivity contribution in [3.63, 3.8) is 0 Å². The Morgan fingerprint density at radius 2 is 1.84 bits per heavy atom. The SMILES string of the molecule is CC1(C)CCc2cc3oc4ccccc4c3cc2O1. The third-order valence-electron chi connectivity index (χ3n) is 3.94. The molecule has 2 aromatic carbocycles. The highest BCUT2D eigenvalue weighted by Crippen LogP contribution is 2.39. The molecular weight excluding hydrogens is 236 g/mol. The first-order valence-electron chi connectivity index (χ1n) is 6.76. The second-order valence-electron chi connectivity index (χ2n) is 5.92. The Morgan fingerprint density at radius 3 is 2.74 bits per heavy atom. The Morgan fingerprint density at radius 1 is 1.00 bits per heavy atom. The Labute approximate surface area is 112 Å². The fraction of sp³-hybridized carbons (Fsp3) is 0.294. The number of furan rings is 1. The van der Waals surface area contributed by atoms with Crippen LogP contribution in [0, 0.1) is 0 Å². The second kappa shape index (κ2) is 3.53. The van der Waals surface area contributed by atoms with Gasteiger partial charge in [-0.2, -0.15) is 0 Å². The molecule has 0 saturated carbocycles. The summed E-state index contributed by atoms with van der Waals surface area (Å²) in [7, 11) is 0. The highest BCUT2D eigenvalue weighted by molar-refractivity contribution is 6.05. The van der Waals surface area contributed by atoms with Gasteiger partial charge in [-0.25, -0.2) is 0 Å². The Kier molecular flexibility index (Phi) is 2.03. The van der Waals surface area contributed by atoms with Crippen LogP contribution >= 0.6 is 0 Å². The first kappa shape index (κ1) is 10.9. The van der Waals surface area contributed by atoms with Gasteiger partial charge in [-0.1, -0.05) is 18.2 Å². The van der Waals surface area contributed by atoms with Gasteiger partial charge in [-0.05, 0) is 50.5 Å². The molecule has 1 aliphatic heterocycles. The van der Waals surface area contributed by atoms with Gasteiger partial charge in [0.05, 0.1) is 0 Å². The maximum Gasteiger partial charge on any atom is 0.135 e. The summed E-state index contributed by atoms with van der Waals surface area (Å²) in [4.78, 5) is 0. The summed E-state index contributed by atoms with van der Waals surface area (Å²) in [5.74, 6) is 1.01. The molecule has 4 rings (SSSR count). The van der Waals surface area contributed by atoms with Crippen LogP contribution in [0.5, 0.6) is 5.75 Å². The lowest BCUT2D eigenvalue weighted by Crippen LogP contribution is -2.32. The van der Waals surface area contributed by atoms with Crippen LogP contribution in [-0.4, -0.2) is 5.60 Å². The van der Waals surface area contributed by atoms with E-state index < -0.39 is 0 Å². The molecule has 0 radical (unpaired) electrons. The topological polar surface area (TPSA) is 22.4 Å². The van der Waals surface area contributed by atoms with Crippen molar-refractivity contribution in [3.8, 4) is 5.75 Å². The summed E-state index contributed by atoms with van der Waals surface area (Å²) >= 11 is 0. The molecule has 0 atom stereocenters. The molecule has 0 bridgehead atoms. The number of rotatable bonds is 0. The van der Waals surface area contributed by atoms with Crippen molar-refractivity contribution in [2.75, 3.05) is 0 Å². The molecule has 0 aliphatic carbocycles. The van der Waals surface area contributed by atoms with Gasteiger partial charge in [0.15, 0.2) is 0 Å². The van der Waals surface area contributed by atoms with E-state index in [2.05, 4.69) is 32.0 Å². The van der Waals surface area contributed by atoms with Gasteiger partial charge in [-0.15, -0.1) is 0 Å².